The summed E-state index contributed by atoms with van der Waals surface area (Å²) < 4.78 is 0. The van der Waals surface area contributed by atoms with Gasteiger partial charge in [-0.1, -0.05) is 79.9 Å². The van der Waals surface area contributed by atoms with Crippen molar-refractivity contribution in [3.63, 3.8) is 0 Å². The number of hydrogen-bond acceptors (Lipinski definition) is 0. The van der Waals surface area contributed by atoms with Gasteiger partial charge >= 0.3 is 0 Å². The Labute approximate surface area is 91.6 Å². The Kier molecular flexibility index (Phi) is 3.56. The van der Waals surface area contributed by atoms with Crippen LogP contribution in [0.5, 0.6) is 0 Å². The van der Waals surface area contributed by atoms with Gasteiger partial charge < -0.3 is 0 Å². The summed E-state index contributed by atoms with van der Waals surface area (Å²) in [6.07, 6.45) is 4.50. The first-order valence-corrected chi connectivity index (χ1v) is 5.57. The highest BCUT2D eigenvalue weighted by molar-refractivity contribution is 5.62. The van der Waals surface area contributed by atoms with Crippen molar-refractivity contribution in [3.05, 3.63) is 60.7 Å². The van der Waals surface area contributed by atoms with Crippen LogP contribution in [0.1, 0.15) is 19.3 Å². The molecule has 1 aliphatic rings. The fourth-order valence-electron chi connectivity index (χ4n) is 1.26. The van der Waals surface area contributed by atoms with Crippen molar-refractivity contribution < 1.29 is 0 Å². The first-order chi connectivity index (χ1) is 7.47. The standard InChI is InChI=1S/C12H10.C3H6/c1-3-7-11(8-4-1)12-9-5-2-6-10-12;1-2-3-1/h1-10H;1-3H2. The molecule has 0 N–H and O–H groups in total. The minimum atomic E-state index is 1.28. The van der Waals surface area contributed by atoms with Gasteiger partial charge in [-0.2, -0.15) is 0 Å². The average molecular weight is 196 g/mol. The van der Waals surface area contributed by atoms with Gasteiger partial charge in [-0.05, 0) is 11.1 Å². The third-order valence-corrected chi connectivity index (χ3v) is 2.23. The lowest BCUT2D eigenvalue weighted by atomic mass is 10.1. The first kappa shape index (κ1) is 9.97. The largest absolute Gasteiger partial charge is 0.0622 e. The number of rotatable bonds is 1. The van der Waals surface area contributed by atoms with Crippen molar-refractivity contribution >= 4 is 0 Å². The van der Waals surface area contributed by atoms with Crippen LogP contribution in [0.2, 0.25) is 0 Å². The van der Waals surface area contributed by atoms with Gasteiger partial charge in [0.1, 0.15) is 0 Å². The molecule has 0 saturated heterocycles. The van der Waals surface area contributed by atoms with E-state index in [1.165, 1.54) is 30.4 Å². The predicted molar refractivity (Wildman–Crippen MR) is 65.7 cm³/mol. The Bertz CT molecular complexity index is 333. The molecule has 0 amide bonds. The Morgan fingerprint density at radius 2 is 0.800 bits per heavy atom. The summed E-state index contributed by atoms with van der Waals surface area (Å²) in [6, 6.07) is 20.8. The molecule has 0 unspecified atom stereocenters. The molecule has 0 aromatic heterocycles. The van der Waals surface area contributed by atoms with Crippen molar-refractivity contribution in [2.75, 3.05) is 0 Å². The second-order valence-electron chi connectivity index (χ2n) is 3.79. The summed E-state index contributed by atoms with van der Waals surface area (Å²) in [6.45, 7) is 0. The molecule has 76 valence electrons. The summed E-state index contributed by atoms with van der Waals surface area (Å²) in [5, 5.41) is 0. The lowest BCUT2D eigenvalue weighted by molar-refractivity contribution is 1.50. The van der Waals surface area contributed by atoms with Gasteiger partial charge in [0.15, 0.2) is 0 Å². The number of hydrogen-bond donors (Lipinski definition) is 0. The highest BCUT2D eigenvalue weighted by atomic mass is 14.0. The Morgan fingerprint density at radius 1 is 0.467 bits per heavy atom. The normalized spacial score (nSPS) is 12.5. The van der Waals surface area contributed by atoms with Crippen molar-refractivity contribution in [3.8, 4) is 11.1 Å². The van der Waals surface area contributed by atoms with Gasteiger partial charge in [-0.3, -0.25) is 0 Å². The zero-order valence-corrected chi connectivity index (χ0v) is 8.89. The van der Waals surface area contributed by atoms with E-state index in [0.29, 0.717) is 0 Å². The molecular formula is C15H16. The summed E-state index contributed by atoms with van der Waals surface area (Å²) >= 11 is 0. The van der Waals surface area contributed by atoms with E-state index >= 15 is 0 Å². The fraction of sp³-hybridized carbons (Fsp3) is 0.200. The van der Waals surface area contributed by atoms with Crippen LogP contribution in [0, 0.1) is 0 Å². The zero-order chi connectivity index (χ0) is 10.3. The van der Waals surface area contributed by atoms with Crippen molar-refractivity contribution in [2.45, 2.75) is 19.3 Å². The molecule has 1 aliphatic carbocycles. The van der Waals surface area contributed by atoms with E-state index in [1.54, 1.807) is 0 Å². The molecule has 3 rings (SSSR count). The van der Waals surface area contributed by atoms with Crippen LogP contribution in [0.3, 0.4) is 0 Å². The third kappa shape index (κ3) is 3.59. The molecule has 1 saturated carbocycles. The second-order valence-corrected chi connectivity index (χ2v) is 3.79. The van der Waals surface area contributed by atoms with E-state index in [9.17, 15) is 0 Å². The maximum absolute atomic E-state index is 2.12. The molecule has 0 bridgehead atoms. The molecule has 15 heavy (non-hydrogen) atoms. The van der Waals surface area contributed by atoms with Crippen LogP contribution < -0.4 is 0 Å². The Hall–Kier alpha value is -1.56. The molecule has 0 atom stereocenters. The van der Waals surface area contributed by atoms with Crippen molar-refractivity contribution in [1.82, 2.24) is 0 Å². The molecule has 0 radical (unpaired) electrons. The van der Waals surface area contributed by atoms with Crippen LogP contribution >= 0.6 is 0 Å². The van der Waals surface area contributed by atoms with E-state index < -0.39 is 0 Å². The van der Waals surface area contributed by atoms with E-state index in [2.05, 4.69) is 48.5 Å². The fourth-order valence-corrected chi connectivity index (χ4v) is 1.26. The van der Waals surface area contributed by atoms with Crippen LogP contribution in [-0.2, 0) is 0 Å². The molecule has 0 nitrogen and oxygen atoms in total. The molecule has 0 spiro atoms. The highest BCUT2D eigenvalue weighted by Gasteiger charge is 1.95. The monoisotopic (exact) mass is 196 g/mol. The Balaban J connectivity index is 0.000000244. The van der Waals surface area contributed by atoms with Gasteiger partial charge in [-0.25, -0.2) is 0 Å². The van der Waals surface area contributed by atoms with Gasteiger partial charge in [0.25, 0.3) is 0 Å². The highest BCUT2D eigenvalue weighted by Crippen LogP contribution is 2.17. The molecule has 0 aliphatic heterocycles. The van der Waals surface area contributed by atoms with Gasteiger partial charge in [-0.15, -0.1) is 0 Å². The minimum absolute atomic E-state index is 1.28. The van der Waals surface area contributed by atoms with E-state index in [0.717, 1.165) is 0 Å². The topological polar surface area (TPSA) is 0 Å². The summed E-state index contributed by atoms with van der Waals surface area (Å²) in [4.78, 5) is 0. The lowest BCUT2D eigenvalue weighted by Gasteiger charge is -1.98. The molecule has 2 aromatic rings. The van der Waals surface area contributed by atoms with E-state index in [-0.39, 0.29) is 0 Å². The predicted octanol–water partition coefficient (Wildman–Crippen LogP) is 4.52. The SMILES string of the molecule is C1CC1.c1ccc(-c2ccccc2)cc1. The quantitative estimate of drug-likeness (QED) is 0.629. The van der Waals surface area contributed by atoms with Crippen LogP contribution in [-0.4, -0.2) is 0 Å². The Morgan fingerprint density at radius 3 is 1.07 bits per heavy atom. The third-order valence-electron chi connectivity index (χ3n) is 2.23. The second kappa shape index (κ2) is 5.35. The molecule has 0 heteroatoms. The number of benzene rings is 2. The van der Waals surface area contributed by atoms with Gasteiger partial charge in [0, 0.05) is 0 Å². The van der Waals surface area contributed by atoms with Crippen molar-refractivity contribution in [1.29, 1.82) is 0 Å². The average Bonchev–Trinajstić information content (AvgIpc) is 3.19. The van der Waals surface area contributed by atoms with E-state index in [4.69, 9.17) is 0 Å². The maximum atomic E-state index is 2.12. The van der Waals surface area contributed by atoms with Crippen LogP contribution in [0.15, 0.2) is 60.7 Å². The summed E-state index contributed by atoms with van der Waals surface area (Å²) in [7, 11) is 0. The lowest BCUT2D eigenvalue weighted by Crippen LogP contribution is -1.73. The zero-order valence-electron chi connectivity index (χ0n) is 8.89. The molecular weight excluding hydrogens is 180 g/mol. The summed E-state index contributed by atoms with van der Waals surface area (Å²) in [5.41, 5.74) is 2.55. The van der Waals surface area contributed by atoms with Crippen LogP contribution in [0.25, 0.3) is 11.1 Å². The van der Waals surface area contributed by atoms with E-state index in [1.807, 2.05) is 12.1 Å². The minimum Gasteiger partial charge on any atom is -0.0622 e. The van der Waals surface area contributed by atoms with Gasteiger partial charge in [0.05, 0.1) is 0 Å². The molecule has 2 aromatic carbocycles. The van der Waals surface area contributed by atoms with Crippen LogP contribution in [0.4, 0.5) is 0 Å². The molecule has 1 fully saturated rings. The summed E-state index contributed by atoms with van der Waals surface area (Å²) in [5.74, 6) is 0. The smallest absolute Gasteiger partial charge is 0.0184 e. The van der Waals surface area contributed by atoms with Crippen molar-refractivity contribution in [2.24, 2.45) is 0 Å². The maximum Gasteiger partial charge on any atom is -0.0184 e. The first-order valence-electron chi connectivity index (χ1n) is 5.57. The van der Waals surface area contributed by atoms with Gasteiger partial charge in [0.2, 0.25) is 0 Å². The molecule has 0 heterocycles.